The van der Waals surface area contributed by atoms with Crippen LogP contribution in [0.15, 0.2) is 66.1 Å². The van der Waals surface area contributed by atoms with E-state index in [0.717, 1.165) is 11.1 Å². The van der Waals surface area contributed by atoms with Gasteiger partial charge in [0, 0.05) is 5.56 Å². The van der Waals surface area contributed by atoms with Crippen molar-refractivity contribution < 1.29 is 19.7 Å². The highest BCUT2D eigenvalue weighted by Gasteiger charge is 2.46. The van der Waals surface area contributed by atoms with E-state index in [1.807, 2.05) is 42.5 Å². The van der Waals surface area contributed by atoms with Gasteiger partial charge in [-0.2, -0.15) is 0 Å². The average Bonchev–Trinajstić information content (AvgIpc) is 2.73. The number of esters is 1. The van der Waals surface area contributed by atoms with Gasteiger partial charge in [0.1, 0.15) is 0 Å². The SMILES string of the molecule is C[C@@]1(c2ccc(-c3ccccc3)cc2)OC(=O)C(O)=C1O. The molecule has 2 aromatic rings. The van der Waals surface area contributed by atoms with Gasteiger partial charge in [-0.3, -0.25) is 0 Å². The number of carbonyl (C=O) groups excluding carboxylic acids is 1. The van der Waals surface area contributed by atoms with Gasteiger partial charge in [-0.05, 0) is 18.1 Å². The third-order valence-electron chi connectivity index (χ3n) is 3.71. The van der Waals surface area contributed by atoms with Crippen molar-refractivity contribution >= 4 is 5.97 Å². The summed E-state index contributed by atoms with van der Waals surface area (Å²) in [6.07, 6.45) is 0. The van der Waals surface area contributed by atoms with Crippen LogP contribution in [0.25, 0.3) is 11.1 Å². The smallest absolute Gasteiger partial charge is 0.378 e. The first-order valence-electron chi connectivity index (χ1n) is 6.54. The molecular weight excluding hydrogens is 268 g/mol. The number of hydrogen-bond acceptors (Lipinski definition) is 4. The molecule has 0 saturated carbocycles. The van der Waals surface area contributed by atoms with E-state index in [2.05, 4.69) is 0 Å². The molecular formula is C17H14O4. The van der Waals surface area contributed by atoms with Crippen molar-refractivity contribution in [1.29, 1.82) is 0 Å². The fraction of sp³-hybridized carbons (Fsp3) is 0.118. The van der Waals surface area contributed by atoms with Crippen LogP contribution in [0.4, 0.5) is 0 Å². The largest absolute Gasteiger partial charge is 0.505 e. The molecule has 0 aliphatic carbocycles. The Hall–Kier alpha value is -2.75. The van der Waals surface area contributed by atoms with Crippen LogP contribution < -0.4 is 0 Å². The molecule has 4 nitrogen and oxygen atoms in total. The fourth-order valence-electron chi connectivity index (χ4n) is 2.41. The lowest BCUT2D eigenvalue weighted by Crippen LogP contribution is -2.25. The van der Waals surface area contributed by atoms with Crippen molar-refractivity contribution in [2.24, 2.45) is 0 Å². The monoisotopic (exact) mass is 282 g/mol. The first-order chi connectivity index (χ1) is 10.0. The third kappa shape index (κ3) is 2.05. The molecule has 4 heteroatoms. The van der Waals surface area contributed by atoms with Gasteiger partial charge in [-0.1, -0.05) is 54.6 Å². The lowest BCUT2D eigenvalue weighted by Gasteiger charge is -2.23. The van der Waals surface area contributed by atoms with E-state index in [1.54, 1.807) is 19.1 Å². The number of ether oxygens (including phenoxy) is 1. The molecule has 1 heterocycles. The second-order valence-corrected chi connectivity index (χ2v) is 5.06. The van der Waals surface area contributed by atoms with Gasteiger partial charge < -0.3 is 14.9 Å². The van der Waals surface area contributed by atoms with E-state index < -0.39 is 23.1 Å². The maximum atomic E-state index is 11.4. The number of aliphatic hydroxyl groups excluding tert-OH is 2. The van der Waals surface area contributed by atoms with Crippen LogP contribution in [0.1, 0.15) is 12.5 Å². The highest BCUT2D eigenvalue weighted by atomic mass is 16.6. The maximum Gasteiger partial charge on any atom is 0.378 e. The molecule has 21 heavy (non-hydrogen) atoms. The summed E-state index contributed by atoms with van der Waals surface area (Å²) >= 11 is 0. The Kier molecular flexibility index (Phi) is 2.94. The van der Waals surface area contributed by atoms with E-state index in [9.17, 15) is 15.0 Å². The zero-order valence-electron chi connectivity index (χ0n) is 11.4. The van der Waals surface area contributed by atoms with E-state index in [0.29, 0.717) is 5.56 Å². The molecule has 3 rings (SSSR count). The minimum atomic E-state index is -1.34. The summed E-state index contributed by atoms with van der Waals surface area (Å²) in [6, 6.07) is 17.1. The van der Waals surface area contributed by atoms with Crippen molar-refractivity contribution in [3.8, 4) is 11.1 Å². The predicted octanol–water partition coefficient (Wildman–Crippen LogP) is 3.45. The highest BCUT2D eigenvalue weighted by Crippen LogP contribution is 2.39. The average molecular weight is 282 g/mol. The summed E-state index contributed by atoms with van der Waals surface area (Å²) in [5, 5.41) is 19.4. The van der Waals surface area contributed by atoms with Crippen LogP contribution in [0, 0.1) is 0 Å². The van der Waals surface area contributed by atoms with Crippen molar-refractivity contribution in [1.82, 2.24) is 0 Å². The fourth-order valence-corrected chi connectivity index (χ4v) is 2.41. The number of rotatable bonds is 2. The standard InChI is InChI=1S/C17H14O4/c1-17(15(19)14(18)16(20)21-17)13-9-7-12(8-10-13)11-5-3-2-4-6-11/h2-10,18-19H,1H3/t17-/m0/s1. The molecule has 0 saturated heterocycles. The Labute approximate surface area is 121 Å². The zero-order valence-corrected chi connectivity index (χ0v) is 11.4. The Bertz CT molecular complexity index is 716. The molecule has 2 aromatic carbocycles. The molecule has 1 aliphatic rings. The van der Waals surface area contributed by atoms with Gasteiger partial charge in [0.05, 0.1) is 0 Å². The van der Waals surface area contributed by atoms with Crippen LogP contribution in [0.3, 0.4) is 0 Å². The first kappa shape index (κ1) is 13.2. The van der Waals surface area contributed by atoms with Gasteiger partial charge in [0.25, 0.3) is 0 Å². The van der Waals surface area contributed by atoms with Crippen LogP contribution in [-0.2, 0) is 15.1 Å². The second-order valence-electron chi connectivity index (χ2n) is 5.06. The van der Waals surface area contributed by atoms with Gasteiger partial charge in [0.2, 0.25) is 5.76 Å². The van der Waals surface area contributed by atoms with Crippen LogP contribution in [0.2, 0.25) is 0 Å². The molecule has 2 N–H and O–H groups in total. The summed E-state index contributed by atoms with van der Waals surface area (Å²) in [5.41, 5.74) is 1.34. The highest BCUT2D eigenvalue weighted by molar-refractivity contribution is 5.90. The maximum absolute atomic E-state index is 11.4. The Morgan fingerprint density at radius 3 is 2.00 bits per heavy atom. The number of cyclic esters (lactones) is 1. The third-order valence-corrected chi connectivity index (χ3v) is 3.71. The molecule has 0 amide bonds. The van der Waals surface area contributed by atoms with E-state index >= 15 is 0 Å². The van der Waals surface area contributed by atoms with Gasteiger partial charge in [-0.25, -0.2) is 4.79 Å². The minimum absolute atomic E-state index is 0.458. The lowest BCUT2D eigenvalue weighted by molar-refractivity contribution is -0.149. The van der Waals surface area contributed by atoms with E-state index in [4.69, 9.17) is 4.74 Å². The van der Waals surface area contributed by atoms with E-state index in [1.165, 1.54) is 0 Å². The quantitative estimate of drug-likeness (QED) is 0.828. The molecule has 1 atom stereocenters. The van der Waals surface area contributed by atoms with Crippen molar-refractivity contribution in [3.63, 3.8) is 0 Å². The molecule has 106 valence electrons. The van der Waals surface area contributed by atoms with Gasteiger partial charge in [0.15, 0.2) is 11.4 Å². The molecule has 0 spiro atoms. The first-order valence-corrected chi connectivity index (χ1v) is 6.54. The normalized spacial score (nSPS) is 21.5. The summed E-state index contributed by atoms with van der Waals surface area (Å²) in [7, 11) is 0. The molecule has 0 aromatic heterocycles. The summed E-state index contributed by atoms with van der Waals surface area (Å²) < 4.78 is 5.09. The number of aliphatic hydroxyl groups is 2. The van der Waals surface area contributed by atoms with Crippen molar-refractivity contribution in [2.45, 2.75) is 12.5 Å². The molecule has 0 radical (unpaired) electrons. The number of hydrogen-bond donors (Lipinski definition) is 2. The Balaban J connectivity index is 1.98. The van der Waals surface area contributed by atoms with Gasteiger partial charge >= 0.3 is 5.97 Å². The topological polar surface area (TPSA) is 66.8 Å². The lowest BCUT2D eigenvalue weighted by atomic mass is 9.92. The Morgan fingerprint density at radius 1 is 0.905 bits per heavy atom. The minimum Gasteiger partial charge on any atom is -0.505 e. The van der Waals surface area contributed by atoms with Crippen LogP contribution in [0.5, 0.6) is 0 Å². The van der Waals surface area contributed by atoms with E-state index in [-0.39, 0.29) is 0 Å². The molecule has 0 unspecified atom stereocenters. The molecule has 0 fully saturated rings. The van der Waals surface area contributed by atoms with Crippen molar-refractivity contribution in [3.05, 3.63) is 71.7 Å². The molecule has 0 bridgehead atoms. The number of benzene rings is 2. The Morgan fingerprint density at radius 2 is 1.48 bits per heavy atom. The number of carbonyl (C=O) groups is 1. The zero-order chi connectivity index (χ0) is 15.0. The summed E-state index contributed by atoms with van der Waals surface area (Å²) in [5.74, 6) is -2.10. The van der Waals surface area contributed by atoms with Gasteiger partial charge in [-0.15, -0.1) is 0 Å². The summed E-state index contributed by atoms with van der Waals surface area (Å²) in [6.45, 7) is 1.54. The van der Waals surface area contributed by atoms with Crippen LogP contribution in [-0.4, -0.2) is 16.2 Å². The predicted molar refractivity (Wildman–Crippen MR) is 77.6 cm³/mol. The summed E-state index contributed by atoms with van der Waals surface area (Å²) in [4.78, 5) is 11.4. The second kappa shape index (κ2) is 4.66. The van der Waals surface area contributed by atoms with Crippen LogP contribution >= 0.6 is 0 Å². The van der Waals surface area contributed by atoms with Crippen molar-refractivity contribution in [2.75, 3.05) is 0 Å². The molecule has 1 aliphatic heterocycles.